The molecule has 182 valence electrons. The summed E-state index contributed by atoms with van der Waals surface area (Å²) in [5.74, 6) is 0.493. The van der Waals surface area contributed by atoms with E-state index in [4.69, 9.17) is 9.47 Å². The Balaban J connectivity index is 1.52. The van der Waals surface area contributed by atoms with Gasteiger partial charge in [-0.1, -0.05) is 12.1 Å². The Morgan fingerprint density at radius 1 is 1.09 bits per heavy atom. The first kappa shape index (κ1) is 24.1. The van der Waals surface area contributed by atoms with Gasteiger partial charge in [0.25, 0.3) is 21.8 Å². The molecule has 0 spiro atoms. The number of rotatable bonds is 7. The number of aryl methyl sites for hydroxylation is 1. The van der Waals surface area contributed by atoms with Crippen molar-refractivity contribution in [2.24, 2.45) is 0 Å². The minimum atomic E-state index is -3.93. The monoisotopic (exact) mass is 495 g/mol. The number of benzene rings is 3. The highest BCUT2D eigenvalue weighted by atomic mass is 32.2. The SMILES string of the molecule is COc1ccc(NS(=O)(=O)c2ccc(C)c(C(=O)NC(C)c3ccc4c(c3)NC(=O)CO4)c2)cc1. The molecule has 10 heteroatoms. The van der Waals surface area contributed by atoms with Crippen molar-refractivity contribution in [2.45, 2.75) is 24.8 Å². The Morgan fingerprint density at radius 2 is 1.83 bits per heavy atom. The molecule has 4 rings (SSSR count). The molecule has 1 unspecified atom stereocenters. The van der Waals surface area contributed by atoms with Crippen molar-refractivity contribution in [2.75, 3.05) is 23.8 Å². The summed E-state index contributed by atoms with van der Waals surface area (Å²) >= 11 is 0. The average Bonchev–Trinajstić information content (AvgIpc) is 2.83. The van der Waals surface area contributed by atoms with E-state index in [0.29, 0.717) is 28.4 Å². The fourth-order valence-corrected chi connectivity index (χ4v) is 4.70. The van der Waals surface area contributed by atoms with E-state index >= 15 is 0 Å². The molecule has 0 fully saturated rings. The van der Waals surface area contributed by atoms with Crippen LogP contribution in [0.15, 0.2) is 65.6 Å². The largest absolute Gasteiger partial charge is 0.497 e. The normalized spacial score (nSPS) is 13.6. The van der Waals surface area contributed by atoms with Gasteiger partial charge in [-0.3, -0.25) is 14.3 Å². The second-order valence-electron chi connectivity index (χ2n) is 8.10. The number of amides is 2. The lowest BCUT2D eigenvalue weighted by atomic mass is 10.0. The fraction of sp³-hybridized carbons (Fsp3) is 0.200. The molecule has 3 aromatic carbocycles. The molecule has 0 radical (unpaired) electrons. The molecule has 2 amide bonds. The maximum Gasteiger partial charge on any atom is 0.262 e. The molecular weight excluding hydrogens is 470 g/mol. The second kappa shape index (κ2) is 9.67. The van der Waals surface area contributed by atoms with Crippen molar-refractivity contribution in [3.05, 3.63) is 77.4 Å². The van der Waals surface area contributed by atoms with Gasteiger partial charge in [-0.05, 0) is 73.5 Å². The van der Waals surface area contributed by atoms with Crippen LogP contribution >= 0.6 is 0 Å². The average molecular weight is 496 g/mol. The summed E-state index contributed by atoms with van der Waals surface area (Å²) in [6.45, 7) is 3.50. The van der Waals surface area contributed by atoms with E-state index in [1.165, 1.54) is 19.2 Å². The Morgan fingerprint density at radius 3 is 2.54 bits per heavy atom. The van der Waals surface area contributed by atoms with E-state index in [1.54, 1.807) is 62.4 Å². The van der Waals surface area contributed by atoms with Gasteiger partial charge in [0.2, 0.25) is 0 Å². The molecule has 0 bridgehead atoms. The van der Waals surface area contributed by atoms with Crippen LogP contribution in [0.25, 0.3) is 0 Å². The highest BCUT2D eigenvalue weighted by Crippen LogP contribution is 2.31. The third-order valence-electron chi connectivity index (χ3n) is 5.59. The highest BCUT2D eigenvalue weighted by Gasteiger charge is 2.21. The Labute approximate surface area is 203 Å². The summed E-state index contributed by atoms with van der Waals surface area (Å²) in [4.78, 5) is 24.6. The zero-order valence-corrected chi connectivity index (χ0v) is 20.2. The summed E-state index contributed by atoms with van der Waals surface area (Å²) in [5, 5.41) is 5.63. The van der Waals surface area contributed by atoms with E-state index in [-0.39, 0.29) is 23.0 Å². The summed E-state index contributed by atoms with van der Waals surface area (Å²) in [6.07, 6.45) is 0. The third-order valence-corrected chi connectivity index (χ3v) is 6.97. The molecule has 1 atom stereocenters. The van der Waals surface area contributed by atoms with Crippen LogP contribution in [0.2, 0.25) is 0 Å². The van der Waals surface area contributed by atoms with Gasteiger partial charge in [0.15, 0.2) is 6.61 Å². The van der Waals surface area contributed by atoms with E-state index in [9.17, 15) is 18.0 Å². The summed E-state index contributed by atoms with van der Waals surface area (Å²) in [5.41, 5.74) is 2.53. The number of anilines is 2. The molecular formula is C25H25N3O6S. The topological polar surface area (TPSA) is 123 Å². The molecule has 0 aromatic heterocycles. The number of fused-ring (bicyclic) bond motifs is 1. The number of carbonyl (C=O) groups is 2. The minimum absolute atomic E-state index is 0.0367. The first-order valence-electron chi connectivity index (χ1n) is 10.8. The van der Waals surface area contributed by atoms with E-state index in [1.807, 2.05) is 0 Å². The summed E-state index contributed by atoms with van der Waals surface area (Å²) in [6, 6.07) is 15.7. The summed E-state index contributed by atoms with van der Waals surface area (Å²) in [7, 11) is -2.40. The molecule has 1 heterocycles. The standard InChI is InChI=1S/C25H25N3O6S/c1-15-4-10-20(35(31,32)28-18-6-8-19(33-3)9-7-18)13-21(15)25(30)26-16(2)17-5-11-23-22(12-17)27-24(29)14-34-23/h4-13,16,28H,14H2,1-3H3,(H,26,30)(H,27,29). The zero-order chi connectivity index (χ0) is 25.2. The lowest BCUT2D eigenvalue weighted by molar-refractivity contribution is -0.118. The van der Waals surface area contributed by atoms with Crippen molar-refractivity contribution in [1.82, 2.24) is 5.32 Å². The van der Waals surface area contributed by atoms with Crippen LogP contribution in [0.5, 0.6) is 11.5 Å². The van der Waals surface area contributed by atoms with Gasteiger partial charge in [0.05, 0.1) is 23.7 Å². The lowest BCUT2D eigenvalue weighted by Crippen LogP contribution is -2.28. The number of hydrogen-bond acceptors (Lipinski definition) is 6. The van der Waals surface area contributed by atoms with Gasteiger partial charge >= 0.3 is 0 Å². The van der Waals surface area contributed by atoms with Crippen LogP contribution in [-0.2, 0) is 14.8 Å². The lowest BCUT2D eigenvalue weighted by Gasteiger charge is -2.21. The molecule has 3 N–H and O–H groups in total. The summed E-state index contributed by atoms with van der Waals surface area (Å²) < 4.78 is 38.8. The van der Waals surface area contributed by atoms with Gasteiger partial charge < -0.3 is 20.1 Å². The van der Waals surface area contributed by atoms with Crippen molar-refractivity contribution in [3.8, 4) is 11.5 Å². The molecule has 3 aromatic rings. The maximum atomic E-state index is 13.1. The van der Waals surface area contributed by atoms with Crippen LogP contribution < -0.4 is 24.8 Å². The molecule has 1 aliphatic heterocycles. The van der Waals surface area contributed by atoms with Crippen LogP contribution in [0.1, 0.15) is 34.5 Å². The zero-order valence-electron chi connectivity index (χ0n) is 19.4. The van der Waals surface area contributed by atoms with Crippen LogP contribution in [0.4, 0.5) is 11.4 Å². The number of hydrogen-bond donors (Lipinski definition) is 3. The van der Waals surface area contributed by atoms with Crippen molar-refractivity contribution < 1.29 is 27.5 Å². The number of carbonyl (C=O) groups excluding carboxylic acids is 2. The fourth-order valence-electron chi connectivity index (χ4n) is 3.61. The molecule has 1 aliphatic rings. The molecule has 35 heavy (non-hydrogen) atoms. The molecule has 0 saturated heterocycles. The van der Waals surface area contributed by atoms with Gasteiger partial charge in [-0.25, -0.2) is 8.42 Å². The molecule has 0 aliphatic carbocycles. The van der Waals surface area contributed by atoms with Crippen LogP contribution in [0, 0.1) is 6.92 Å². The highest BCUT2D eigenvalue weighted by molar-refractivity contribution is 7.92. The predicted octanol–water partition coefficient (Wildman–Crippen LogP) is 3.63. The first-order chi connectivity index (χ1) is 16.7. The van der Waals surface area contributed by atoms with Crippen molar-refractivity contribution in [1.29, 1.82) is 0 Å². The maximum absolute atomic E-state index is 13.1. The smallest absolute Gasteiger partial charge is 0.262 e. The number of ether oxygens (including phenoxy) is 2. The van der Waals surface area contributed by atoms with Gasteiger partial charge in [0, 0.05) is 11.3 Å². The first-order valence-corrected chi connectivity index (χ1v) is 12.3. The molecule has 0 saturated carbocycles. The minimum Gasteiger partial charge on any atom is -0.497 e. The number of nitrogens with one attached hydrogen (secondary N) is 3. The number of sulfonamides is 1. The van der Waals surface area contributed by atoms with E-state index in [2.05, 4.69) is 15.4 Å². The van der Waals surface area contributed by atoms with Crippen LogP contribution in [0.3, 0.4) is 0 Å². The number of methoxy groups -OCH3 is 1. The van der Waals surface area contributed by atoms with Gasteiger partial charge in [-0.2, -0.15) is 0 Å². The van der Waals surface area contributed by atoms with Crippen molar-refractivity contribution in [3.63, 3.8) is 0 Å². The predicted molar refractivity (Wildman–Crippen MR) is 131 cm³/mol. The van der Waals surface area contributed by atoms with Crippen molar-refractivity contribution >= 4 is 33.2 Å². The van der Waals surface area contributed by atoms with Gasteiger partial charge in [0.1, 0.15) is 11.5 Å². The Hall–Kier alpha value is -4.05. The quantitative estimate of drug-likeness (QED) is 0.460. The Bertz CT molecular complexity index is 1390. The van der Waals surface area contributed by atoms with E-state index in [0.717, 1.165) is 5.56 Å². The Kier molecular flexibility index (Phi) is 6.65. The van der Waals surface area contributed by atoms with E-state index < -0.39 is 22.0 Å². The van der Waals surface area contributed by atoms with Crippen LogP contribution in [-0.4, -0.2) is 33.9 Å². The molecule has 9 nitrogen and oxygen atoms in total. The van der Waals surface area contributed by atoms with Gasteiger partial charge in [-0.15, -0.1) is 0 Å². The third kappa shape index (κ3) is 5.38. The second-order valence-corrected chi connectivity index (χ2v) is 9.78.